The first-order valence-corrected chi connectivity index (χ1v) is 13.2. The normalized spacial score (nSPS) is 16.1. The van der Waals surface area contributed by atoms with Crippen molar-refractivity contribution in [1.82, 2.24) is 9.21 Å². The summed E-state index contributed by atoms with van der Waals surface area (Å²) in [4.78, 5) is 25.4. The molecule has 2 aromatic rings. The zero-order chi connectivity index (χ0) is 25.8. The van der Waals surface area contributed by atoms with Gasteiger partial charge in [0.05, 0.1) is 32.0 Å². The summed E-state index contributed by atoms with van der Waals surface area (Å²) in [5.41, 5.74) is 2.95. The van der Waals surface area contributed by atoms with E-state index >= 15 is 0 Å². The maximum absolute atomic E-state index is 13.3. The van der Waals surface area contributed by atoms with Gasteiger partial charge in [0.2, 0.25) is 10.0 Å². The zero-order valence-corrected chi connectivity index (χ0v) is 22.1. The third-order valence-electron chi connectivity index (χ3n) is 6.00. The standard InChI is InChI=1S/C24H28Cl2N2O6S/c1-27-14-20(19-12-17(25)13-22(26)21(19)15-27)16-4-6-18(7-5-16)35(31,32)28(10-8-23(29)33-2)11-9-24(30)34-3/h4-7,12-13,20H,8-11,14-15H2,1-3H3. The van der Waals surface area contributed by atoms with Gasteiger partial charge in [0.25, 0.3) is 0 Å². The van der Waals surface area contributed by atoms with Crippen LogP contribution < -0.4 is 0 Å². The Morgan fingerprint density at radius 2 is 1.60 bits per heavy atom. The number of halogens is 2. The Kier molecular flexibility index (Phi) is 9.17. The molecule has 0 amide bonds. The Bertz CT molecular complexity index is 1170. The molecule has 2 aromatic carbocycles. The fraction of sp³-hybridized carbons (Fsp3) is 0.417. The lowest BCUT2D eigenvalue weighted by Gasteiger charge is -2.33. The SMILES string of the molecule is COC(=O)CCN(CCC(=O)OC)S(=O)(=O)c1ccc(C2CN(C)Cc3c(Cl)cc(Cl)cc32)cc1. The molecule has 1 aliphatic heterocycles. The number of methoxy groups -OCH3 is 2. The maximum atomic E-state index is 13.3. The highest BCUT2D eigenvalue weighted by Gasteiger charge is 2.29. The van der Waals surface area contributed by atoms with Crippen molar-refractivity contribution in [3.8, 4) is 0 Å². The van der Waals surface area contributed by atoms with Gasteiger partial charge in [0.1, 0.15) is 0 Å². The van der Waals surface area contributed by atoms with Crippen LogP contribution in [0.15, 0.2) is 41.3 Å². The average Bonchev–Trinajstić information content (AvgIpc) is 2.83. The number of hydrogen-bond donors (Lipinski definition) is 0. The number of likely N-dealkylation sites (N-methyl/N-ethyl adjacent to an activating group) is 1. The predicted molar refractivity (Wildman–Crippen MR) is 133 cm³/mol. The van der Waals surface area contributed by atoms with Crippen LogP contribution in [0.25, 0.3) is 0 Å². The Morgan fingerprint density at radius 1 is 1.03 bits per heavy atom. The molecule has 0 N–H and O–H groups in total. The summed E-state index contributed by atoms with van der Waals surface area (Å²) in [6, 6.07) is 10.3. The van der Waals surface area contributed by atoms with Crippen LogP contribution in [0.3, 0.4) is 0 Å². The van der Waals surface area contributed by atoms with Crippen LogP contribution in [0.1, 0.15) is 35.4 Å². The van der Waals surface area contributed by atoms with E-state index in [4.69, 9.17) is 23.2 Å². The highest BCUT2D eigenvalue weighted by molar-refractivity contribution is 7.89. The molecule has 190 valence electrons. The van der Waals surface area contributed by atoms with Crippen LogP contribution in [0, 0.1) is 0 Å². The van der Waals surface area contributed by atoms with E-state index in [-0.39, 0.29) is 36.7 Å². The number of nitrogens with zero attached hydrogens (tertiary/aromatic N) is 2. The molecule has 0 bridgehead atoms. The van der Waals surface area contributed by atoms with Crippen molar-refractivity contribution in [1.29, 1.82) is 0 Å². The smallest absolute Gasteiger partial charge is 0.306 e. The largest absolute Gasteiger partial charge is 0.469 e. The predicted octanol–water partition coefficient (Wildman–Crippen LogP) is 3.69. The summed E-state index contributed by atoms with van der Waals surface area (Å²) in [7, 11) is 0.488. The summed E-state index contributed by atoms with van der Waals surface area (Å²) in [6.45, 7) is 1.18. The van der Waals surface area contributed by atoms with Gasteiger partial charge in [-0.25, -0.2) is 8.42 Å². The number of benzene rings is 2. The van der Waals surface area contributed by atoms with Gasteiger partial charge in [-0.15, -0.1) is 0 Å². The van der Waals surface area contributed by atoms with E-state index in [2.05, 4.69) is 14.4 Å². The molecule has 0 fully saturated rings. The monoisotopic (exact) mass is 542 g/mol. The summed E-state index contributed by atoms with van der Waals surface area (Å²) in [5, 5.41) is 1.16. The second-order valence-corrected chi connectivity index (χ2v) is 11.1. The minimum absolute atomic E-state index is 0.0357. The average molecular weight is 543 g/mol. The van der Waals surface area contributed by atoms with Gasteiger partial charge in [-0.1, -0.05) is 35.3 Å². The second kappa shape index (κ2) is 11.7. The summed E-state index contributed by atoms with van der Waals surface area (Å²) in [5.74, 6) is -1.13. The molecule has 0 spiro atoms. The van der Waals surface area contributed by atoms with Crippen LogP contribution in [-0.2, 0) is 35.6 Å². The number of ether oxygens (including phenoxy) is 2. The van der Waals surface area contributed by atoms with E-state index in [0.717, 1.165) is 27.5 Å². The number of sulfonamides is 1. The van der Waals surface area contributed by atoms with E-state index in [1.54, 1.807) is 18.2 Å². The lowest BCUT2D eigenvalue weighted by Crippen LogP contribution is -2.35. The highest BCUT2D eigenvalue weighted by Crippen LogP contribution is 2.38. The van der Waals surface area contributed by atoms with Crippen molar-refractivity contribution < 1.29 is 27.5 Å². The molecule has 11 heteroatoms. The lowest BCUT2D eigenvalue weighted by molar-refractivity contribution is -0.140. The molecule has 1 aliphatic rings. The minimum atomic E-state index is -3.98. The lowest BCUT2D eigenvalue weighted by atomic mass is 9.85. The molecule has 0 aromatic heterocycles. The van der Waals surface area contributed by atoms with Gasteiger partial charge in [0.15, 0.2) is 0 Å². The zero-order valence-electron chi connectivity index (χ0n) is 19.8. The van der Waals surface area contributed by atoms with Crippen LogP contribution in [-0.4, -0.2) is 70.5 Å². The van der Waals surface area contributed by atoms with E-state index in [0.29, 0.717) is 16.6 Å². The minimum Gasteiger partial charge on any atom is -0.469 e. The Hall–Kier alpha value is -2.17. The maximum Gasteiger partial charge on any atom is 0.306 e. The van der Waals surface area contributed by atoms with Crippen molar-refractivity contribution in [2.24, 2.45) is 0 Å². The Morgan fingerprint density at radius 3 is 2.14 bits per heavy atom. The quantitative estimate of drug-likeness (QED) is 0.446. The fourth-order valence-corrected chi connectivity index (χ4v) is 6.15. The topological polar surface area (TPSA) is 93.2 Å². The van der Waals surface area contributed by atoms with Crippen LogP contribution in [0.4, 0.5) is 0 Å². The Balaban J connectivity index is 1.89. The van der Waals surface area contributed by atoms with Gasteiger partial charge >= 0.3 is 11.9 Å². The molecule has 0 aliphatic carbocycles. The first kappa shape index (κ1) is 27.4. The van der Waals surface area contributed by atoms with Gasteiger partial charge < -0.3 is 14.4 Å². The number of hydrogen-bond acceptors (Lipinski definition) is 7. The van der Waals surface area contributed by atoms with Crippen molar-refractivity contribution in [3.05, 3.63) is 63.1 Å². The number of fused-ring (bicyclic) bond motifs is 1. The molecule has 0 radical (unpaired) electrons. The fourth-order valence-electron chi connectivity index (χ4n) is 4.14. The van der Waals surface area contributed by atoms with E-state index in [9.17, 15) is 18.0 Å². The van der Waals surface area contributed by atoms with Crippen LogP contribution in [0.5, 0.6) is 0 Å². The molecule has 1 atom stereocenters. The third kappa shape index (κ3) is 6.54. The Labute approximate surface area is 215 Å². The third-order valence-corrected chi connectivity index (χ3v) is 8.47. The molecular weight excluding hydrogens is 515 g/mol. The molecule has 3 rings (SSSR count). The number of esters is 2. The molecule has 0 saturated heterocycles. The van der Waals surface area contributed by atoms with Crippen molar-refractivity contribution >= 4 is 45.2 Å². The number of carbonyl (C=O) groups excluding carboxylic acids is 2. The molecule has 35 heavy (non-hydrogen) atoms. The van der Waals surface area contributed by atoms with Gasteiger partial charge in [-0.2, -0.15) is 4.31 Å². The first-order valence-electron chi connectivity index (χ1n) is 11.0. The van der Waals surface area contributed by atoms with Crippen molar-refractivity contribution in [3.63, 3.8) is 0 Å². The molecule has 0 saturated carbocycles. The summed E-state index contributed by atoms with van der Waals surface area (Å²) >= 11 is 12.7. The molecule has 1 unspecified atom stereocenters. The molecule has 1 heterocycles. The van der Waals surface area contributed by atoms with Gasteiger partial charge in [-0.05, 0) is 48.0 Å². The van der Waals surface area contributed by atoms with Crippen LogP contribution in [0.2, 0.25) is 10.0 Å². The second-order valence-electron chi connectivity index (χ2n) is 8.33. The molecular formula is C24H28Cl2N2O6S. The summed E-state index contributed by atoms with van der Waals surface area (Å²) in [6.07, 6.45) is -0.274. The van der Waals surface area contributed by atoms with E-state index in [1.165, 1.54) is 26.4 Å². The van der Waals surface area contributed by atoms with E-state index < -0.39 is 22.0 Å². The van der Waals surface area contributed by atoms with Gasteiger partial charge in [0, 0.05) is 42.1 Å². The van der Waals surface area contributed by atoms with E-state index in [1.807, 2.05) is 13.1 Å². The van der Waals surface area contributed by atoms with Crippen molar-refractivity contribution in [2.45, 2.75) is 30.2 Å². The van der Waals surface area contributed by atoms with Gasteiger partial charge in [-0.3, -0.25) is 9.59 Å². The van der Waals surface area contributed by atoms with Crippen molar-refractivity contribution in [2.75, 3.05) is 40.9 Å². The number of carbonyl (C=O) groups is 2. The highest BCUT2D eigenvalue weighted by atomic mass is 35.5. The number of rotatable bonds is 9. The molecule has 8 nitrogen and oxygen atoms in total. The first-order chi connectivity index (χ1) is 16.6. The summed E-state index contributed by atoms with van der Waals surface area (Å²) < 4.78 is 37.0. The van der Waals surface area contributed by atoms with Crippen LogP contribution >= 0.6 is 23.2 Å².